The van der Waals surface area contributed by atoms with Crippen LogP contribution in [0, 0.1) is 0 Å². The Morgan fingerprint density at radius 3 is 2.85 bits per heavy atom. The predicted octanol–water partition coefficient (Wildman–Crippen LogP) is 2.52. The zero-order valence-corrected chi connectivity index (χ0v) is 12.5. The number of fused-ring (bicyclic) bond motifs is 1. The maximum absolute atomic E-state index is 11.0. The summed E-state index contributed by atoms with van der Waals surface area (Å²) in [6, 6.07) is 5.28. The van der Waals surface area contributed by atoms with Crippen molar-refractivity contribution in [2.24, 2.45) is 0 Å². The highest BCUT2D eigenvalue weighted by Crippen LogP contribution is 2.24. The van der Waals surface area contributed by atoms with Crippen LogP contribution >= 0.6 is 11.8 Å². The van der Waals surface area contributed by atoms with E-state index in [-0.39, 0.29) is 5.56 Å². The quantitative estimate of drug-likeness (QED) is 0.913. The number of hydrogen-bond donors (Lipinski definition) is 1. The highest BCUT2D eigenvalue weighted by Gasteiger charge is 2.15. The van der Waals surface area contributed by atoms with Crippen molar-refractivity contribution in [3.63, 3.8) is 0 Å². The fourth-order valence-corrected chi connectivity index (χ4v) is 2.72. The maximum Gasteiger partial charge on any atom is 0.335 e. The molecular formula is C14H17N3O2S. The average molecular weight is 291 g/mol. The molecule has 0 aliphatic carbocycles. The molecule has 2 aromatic rings. The molecule has 0 aliphatic heterocycles. The zero-order chi connectivity index (χ0) is 14.7. The van der Waals surface area contributed by atoms with Crippen LogP contribution in [0.15, 0.2) is 24.5 Å². The first-order chi connectivity index (χ1) is 9.54. The van der Waals surface area contributed by atoms with Gasteiger partial charge in [-0.1, -0.05) is 0 Å². The second kappa shape index (κ2) is 6.09. The van der Waals surface area contributed by atoms with Gasteiger partial charge in [0.15, 0.2) is 0 Å². The van der Waals surface area contributed by atoms with Crippen molar-refractivity contribution in [3.05, 3.63) is 30.1 Å². The molecule has 0 fully saturated rings. The van der Waals surface area contributed by atoms with Crippen LogP contribution in [-0.2, 0) is 0 Å². The number of nitrogens with zero attached hydrogens (tertiary/aromatic N) is 3. The predicted molar refractivity (Wildman–Crippen MR) is 82.7 cm³/mol. The van der Waals surface area contributed by atoms with Crippen LogP contribution < -0.4 is 4.90 Å². The molecule has 1 atom stereocenters. The number of carbonyl (C=O) groups is 1. The first-order valence-corrected chi connectivity index (χ1v) is 7.63. The molecule has 0 spiro atoms. The molecular weight excluding hydrogens is 274 g/mol. The number of hydrogen-bond acceptors (Lipinski definition) is 5. The van der Waals surface area contributed by atoms with Crippen molar-refractivity contribution in [2.75, 3.05) is 24.0 Å². The molecule has 0 radical (unpaired) electrons. The zero-order valence-electron chi connectivity index (χ0n) is 11.7. The Balaban J connectivity index is 2.47. The summed E-state index contributed by atoms with van der Waals surface area (Å²) >= 11 is 1.78. The molecule has 20 heavy (non-hydrogen) atoms. The summed E-state index contributed by atoms with van der Waals surface area (Å²) in [5, 5.41) is 9.89. The van der Waals surface area contributed by atoms with Gasteiger partial charge in [-0.3, -0.25) is 0 Å². The average Bonchev–Trinajstić information content (AvgIpc) is 2.45. The molecule has 1 heterocycles. The Morgan fingerprint density at radius 1 is 1.45 bits per heavy atom. The smallest absolute Gasteiger partial charge is 0.335 e. The first-order valence-electron chi connectivity index (χ1n) is 6.24. The van der Waals surface area contributed by atoms with Gasteiger partial charge in [-0.2, -0.15) is 11.8 Å². The number of carboxylic acids is 1. The highest BCUT2D eigenvalue weighted by atomic mass is 32.2. The number of benzene rings is 1. The van der Waals surface area contributed by atoms with E-state index >= 15 is 0 Å². The van der Waals surface area contributed by atoms with Crippen LogP contribution in [0.5, 0.6) is 0 Å². The van der Waals surface area contributed by atoms with Crippen LogP contribution in [0.25, 0.3) is 10.9 Å². The van der Waals surface area contributed by atoms with Gasteiger partial charge in [-0.15, -0.1) is 0 Å². The minimum atomic E-state index is -0.948. The van der Waals surface area contributed by atoms with E-state index in [1.165, 1.54) is 6.33 Å². The molecule has 106 valence electrons. The third-order valence-corrected chi connectivity index (χ3v) is 4.08. The fraction of sp³-hybridized carbons (Fsp3) is 0.357. The highest BCUT2D eigenvalue weighted by molar-refractivity contribution is 7.98. The number of thioether (sulfide) groups is 1. The number of carboxylic acid groups (broad SMARTS) is 1. The topological polar surface area (TPSA) is 66.3 Å². The van der Waals surface area contributed by atoms with Gasteiger partial charge in [0.1, 0.15) is 12.1 Å². The Bertz CT molecular complexity index is 633. The molecule has 2 rings (SSSR count). The molecule has 1 aromatic heterocycles. The molecule has 1 N–H and O–H groups in total. The molecule has 1 aromatic carbocycles. The third kappa shape index (κ3) is 2.85. The molecule has 6 heteroatoms. The van der Waals surface area contributed by atoms with E-state index in [4.69, 9.17) is 5.11 Å². The van der Waals surface area contributed by atoms with E-state index in [9.17, 15) is 4.79 Å². The summed E-state index contributed by atoms with van der Waals surface area (Å²) in [7, 11) is 1.99. The normalized spacial score (nSPS) is 12.3. The lowest BCUT2D eigenvalue weighted by Crippen LogP contribution is -2.31. The Morgan fingerprint density at radius 2 is 2.20 bits per heavy atom. The fourth-order valence-electron chi connectivity index (χ4n) is 2.02. The number of aromatic nitrogens is 2. The molecule has 0 amide bonds. The van der Waals surface area contributed by atoms with Gasteiger partial charge in [0, 0.05) is 24.2 Å². The maximum atomic E-state index is 11.0. The number of anilines is 1. The summed E-state index contributed by atoms with van der Waals surface area (Å²) < 4.78 is 0. The van der Waals surface area contributed by atoms with E-state index in [1.54, 1.807) is 30.0 Å². The van der Waals surface area contributed by atoms with E-state index in [2.05, 4.69) is 28.0 Å². The van der Waals surface area contributed by atoms with Crippen LogP contribution in [0.4, 0.5) is 5.82 Å². The standard InChI is InChI=1S/C14H17N3O2S/c1-9(7-20-3)17(2)13-11-5-4-10(14(18)19)6-12(11)15-8-16-13/h4-6,8-9H,7H2,1-3H3,(H,18,19). The summed E-state index contributed by atoms with van der Waals surface area (Å²) in [5.41, 5.74) is 0.889. The second-order valence-electron chi connectivity index (χ2n) is 4.65. The summed E-state index contributed by atoms with van der Waals surface area (Å²) in [6.07, 6.45) is 3.55. The largest absolute Gasteiger partial charge is 0.478 e. The molecule has 5 nitrogen and oxygen atoms in total. The minimum Gasteiger partial charge on any atom is -0.478 e. The summed E-state index contributed by atoms with van der Waals surface area (Å²) in [6.45, 7) is 2.13. The minimum absolute atomic E-state index is 0.238. The summed E-state index contributed by atoms with van der Waals surface area (Å²) in [4.78, 5) is 21.6. The van der Waals surface area contributed by atoms with Crippen LogP contribution in [0.2, 0.25) is 0 Å². The Hall–Kier alpha value is -1.82. The van der Waals surface area contributed by atoms with Gasteiger partial charge in [-0.25, -0.2) is 14.8 Å². The van der Waals surface area contributed by atoms with Crippen LogP contribution in [-0.4, -0.2) is 46.1 Å². The summed E-state index contributed by atoms with van der Waals surface area (Å²) in [5.74, 6) is 0.875. The molecule has 1 unspecified atom stereocenters. The van der Waals surface area contributed by atoms with Crippen LogP contribution in [0.1, 0.15) is 17.3 Å². The SMILES string of the molecule is CSCC(C)N(C)c1ncnc2cc(C(=O)O)ccc12. The molecule has 0 saturated carbocycles. The van der Waals surface area contributed by atoms with Crippen molar-refractivity contribution < 1.29 is 9.90 Å². The van der Waals surface area contributed by atoms with Crippen molar-refractivity contribution in [1.29, 1.82) is 0 Å². The van der Waals surface area contributed by atoms with Crippen molar-refractivity contribution in [1.82, 2.24) is 9.97 Å². The monoisotopic (exact) mass is 291 g/mol. The third-order valence-electron chi connectivity index (χ3n) is 3.27. The van der Waals surface area contributed by atoms with Crippen molar-refractivity contribution in [2.45, 2.75) is 13.0 Å². The van der Waals surface area contributed by atoms with E-state index < -0.39 is 5.97 Å². The van der Waals surface area contributed by atoms with Gasteiger partial charge in [0.05, 0.1) is 11.1 Å². The van der Waals surface area contributed by atoms with Gasteiger partial charge in [0.25, 0.3) is 0 Å². The van der Waals surface area contributed by atoms with Crippen LogP contribution in [0.3, 0.4) is 0 Å². The Labute approximate surface area is 122 Å². The lowest BCUT2D eigenvalue weighted by Gasteiger charge is -2.26. The van der Waals surface area contributed by atoms with E-state index in [1.807, 2.05) is 7.05 Å². The van der Waals surface area contributed by atoms with E-state index in [0.29, 0.717) is 11.6 Å². The molecule has 0 saturated heterocycles. The van der Waals surface area contributed by atoms with Gasteiger partial charge >= 0.3 is 5.97 Å². The lowest BCUT2D eigenvalue weighted by molar-refractivity contribution is 0.0697. The van der Waals surface area contributed by atoms with Gasteiger partial charge < -0.3 is 10.0 Å². The molecule has 0 bridgehead atoms. The first kappa shape index (κ1) is 14.6. The van der Waals surface area contributed by atoms with Crippen molar-refractivity contribution >= 4 is 34.5 Å². The van der Waals surface area contributed by atoms with E-state index in [0.717, 1.165) is 17.0 Å². The van der Waals surface area contributed by atoms with Crippen molar-refractivity contribution in [3.8, 4) is 0 Å². The Kier molecular flexibility index (Phi) is 4.44. The number of aromatic carboxylic acids is 1. The number of rotatable bonds is 5. The lowest BCUT2D eigenvalue weighted by atomic mass is 10.1. The van der Waals surface area contributed by atoms with Gasteiger partial charge in [-0.05, 0) is 31.4 Å². The van der Waals surface area contributed by atoms with Gasteiger partial charge in [0.2, 0.25) is 0 Å². The molecule has 0 aliphatic rings. The second-order valence-corrected chi connectivity index (χ2v) is 5.56.